The summed E-state index contributed by atoms with van der Waals surface area (Å²) in [6, 6.07) is 4.44. The molecule has 1 aromatic carbocycles. The van der Waals surface area contributed by atoms with Crippen LogP contribution in [0.1, 0.15) is 32.4 Å². The van der Waals surface area contributed by atoms with E-state index >= 15 is 0 Å². The minimum atomic E-state index is -0.400. The van der Waals surface area contributed by atoms with E-state index < -0.39 is 6.10 Å². The van der Waals surface area contributed by atoms with Crippen LogP contribution < -0.4 is 5.32 Å². The molecule has 0 saturated carbocycles. The molecule has 0 spiro atoms. The third-order valence-electron chi connectivity index (χ3n) is 2.83. The van der Waals surface area contributed by atoms with Crippen molar-refractivity contribution in [2.45, 2.75) is 32.9 Å². The molecule has 0 fully saturated rings. The smallest absolute Gasteiger partial charge is 0.119 e. The zero-order valence-corrected chi connectivity index (χ0v) is 10.5. The van der Waals surface area contributed by atoms with Gasteiger partial charge in [-0.25, -0.2) is 0 Å². The molecule has 0 amide bonds. The van der Waals surface area contributed by atoms with Crippen molar-refractivity contribution < 1.29 is 15.3 Å². The molecule has 0 radical (unpaired) electrons. The Morgan fingerprint density at radius 1 is 1.06 bits per heavy atom. The third kappa shape index (κ3) is 4.24. The van der Waals surface area contributed by atoms with Crippen molar-refractivity contribution >= 4 is 0 Å². The van der Waals surface area contributed by atoms with Crippen molar-refractivity contribution in [1.82, 2.24) is 5.32 Å². The molecule has 4 N–H and O–H groups in total. The van der Waals surface area contributed by atoms with Crippen LogP contribution in [-0.2, 0) is 0 Å². The first kappa shape index (κ1) is 13.8. The van der Waals surface area contributed by atoms with Gasteiger partial charge in [0, 0.05) is 18.7 Å². The van der Waals surface area contributed by atoms with Crippen molar-refractivity contribution in [3.8, 4) is 11.5 Å². The lowest BCUT2D eigenvalue weighted by Crippen LogP contribution is -2.32. The minimum Gasteiger partial charge on any atom is -0.508 e. The van der Waals surface area contributed by atoms with Crippen molar-refractivity contribution in [3.05, 3.63) is 23.8 Å². The Bertz CT molecular complexity index is 345. The molecule has 0 aliphatic carbocycles. The molecule has 1 aromatic rings. The molecular weight excluding hydrogens is 218 g/mol. The van der Waals surface area contributed by atoms with Crippen LogP contribution in [0.2, 0.25) is 0 Å². The van der Waals surface area contributed by atoms with E-state index in [0.717, 1.165) is 5.56 Å². The number of hydrogen-bond acceptors (Lipinski definition) is 4. The van der Waals surface area contributed by atoms with Gasteiger partial charge in [0.2, 0.25) is 0 Å². The van der Waals surface area contributed by atoms with Gasteiger partial charge in [-0.05, 0) is 30.5 Å². The average Bonchev–Trinajstić information content (AvgIpc) is 2.23. The van der Waals surface area contributed by atoms with Crippen LogP contribution in [0.5, 0.6) is 11.5 Å². The van der Waals surface area contributed by atoms with Crippen LogP contribution >= 0.6 is 0 Å². The Balaban J connectivity index is 2.60. The lowest BCUT2D eigenvalue weighted by Gasteiger charge is -2.20. The summed E-state index contributed by atoms with van der Waals surface area (Å²) >= 11 is 0. The molecule has 4 heteroatoms. The molecule has 0 bridgehead atoms. The number of aliphatic hydroxyl groups is 1. The van der Waals surface area contributed by atoms with Gasteiger partial charge in [0.1, 0.15) is 11.5 Å². The SMILES string of the molecule is CC(NCC(O)C(C)C)c1cc(O)cc(O)c1. The largest absolute Gasteiger partial charge is 0.508 e. The molecule has 0 aromatic heterocycles. The molecule has 1 rings (SSSR count). The number of nitrogens with one attached hydrogen (secondary N) is 1. The summed E-state index contributed by atoms with van der Waals surface area (Å²) in [5, 5.41) is 31.6. The number of aliphatic hydroxyl groups excluding tert-OH is 1. The number of hydrogen-bond donors (Lipinski definition) is 4. The topological polar surface area (TPSA) is 72.7 Å². The van der Waals surface area contributed by atoms with Gasteiger partial charge in [-0.2, -0.15) is 0 Å². The van der Waals surface area contributed by atoms with Gasteiger partial charge < -0.3 is 20.6 Å². The molecule has 17 heavy (non-hydrogen) atoms. The number of benzene rings is 1. The van der Waals surface area contributed by atoms with Crippen LogP contribution in [0.3, 0.4) is 0 Å². The van der Waals surface area contributed by atoms with Crippen molar-refractivity contribution in [2.75, 3.05) is 6.54 Å². The Labute approximate surface area is 102 Å². The molecule has 0 saturated heterocycles. The average molecular weight is 239 g/mol. The van der Waals surface area contributed by atoms with Gasteiger partial charge in [0.15, 0.2) is 0 Å². The van der Waals surface area contributed by atoms with E-state index in [1.807, 2.05) is 20.8 Å². The van der Waals surface area contributed by atoms with Gasteiger partial charge in [0.05, 0.1) is 6.10 Å². The fourth-order valence-corrected chi connectivity index (χ4v) is 1.52. The van der Waals surface area contributed by atoms with E-state index in [-0.39, 0.29) is 23.5 Å². The summed E-state index contributed by atoms with van der Waals surface area (Å²) < 4.78 is 0. The van der Waals surface area contributed by atoms with Crippen LogP contribution in [-0.4, -0.2) is 28.0 Å². The van der Waals surface area contributed by atoms with E-state index in [0.29, 0.717) is 6.54 Å². The van der Waals surface area contributed by atoms with Gasteiger partial charge in [-0.1, -0.05) is 13.8 Å². The van der Waals surface area contributed by atoms with Crippen LogP contribution in [0, 0.1) is 5.92 Å². The normalized spacial score (nSPS) is 14.9. The molecular formula is C13H21NO3. The second-order valence-electron chi connectivity index (χ2n) is 4.72. The van der Waals surface area contributed by atoms with Crippen LogP contribution in [0.15, 0.2) is 18.2 Å². The maximum absolute atomic E-state index is 9.67. The summed E-state index contributed by atoms with van der Waals surface area (Å²) in [5.74, 6) is 0.281. The minimum absolute atomic E-state index is 0.0399. The summed E-state index contributed by atoms with van der Waals surface area (Å²) in [5.41, 5.74) is 0.790. The van der Waals surface area contributed by atoms with Gasteiger partial charge in [0.25, 0.3) is 0 Å². The third-order valence-corrected chi connectivity index (χ3v) is 2.83. The Hall–Kier alpha value is -1.26. The highest BCUT2D eigenvalue weighted by molar-refractivity contribution is 5.37. The fraction of sp³-hybridized carbons (Fsp3) is 0.538. The molecule has 96 valence electrons. The molecule has 2 unspecified atom stereocenters. The summed E-state index contributed by atoms with van der Waals surface area (Å²) in [6.45, 7) is 6.31. The first-order valence-corrected chi connectivity index (χ1v) is 5.84. The van der Waals surface area contributed by atoms with Crippen LogP contribution in [0.4, 0.5) is 0 Å². The van der Waals surface area contributed by atoms with E-state index in [1.54, 1.807) is 12.1 Å². The fourth-order valence-electron chi connectivity index (χ4n) is 1.52. The highest BCUT2D eigenvalue weighted by Gasteiger charge is 2.12. The number of aromatic hydroxyl groups is 2. The van der Waals surface area contributed by atoms with Crippen molar-refractivity contribution in [1.29, 1.82) is 0 Å². The first-order valence-electron chi connectivity index (χ1n) is 5.84. The highest BCUT2D eigenvalue weighted by Crippen LogP contribution is 2.24. The summed E-state index contributed by atoms with van der Waals surface area (Å²) in [7, 11) is 0. The molecule has 0 heterocycles. The molecule has 4 nitrogen and oxygen atoms in total. The van der Waals surface area contributed by atoms with E-state index in [9.17, 15) is 15.3 Å². The maximum Gasteiger partial charge on any atom is 0.119 e. The number of phenolic OH excluding ortho intramolecular Hbond substituents is 2. The number of phenols is 2. The monoisotopic (exact) mass is 239 g/mol. The van der Waals surface area contributed by atoms with Gasteiger partial charge >= 0.3 is 0 Å². The maximum atomic E-state index is 9.67. The molecule has 2 atom stereocenters. The lowest BCUT2D eigenvalue weighted by molar-refractivity contribution is 0.120. The Morgan fingerprint density at radius 3 is 2.06 bits per heavy atom. The Kier molecular flexibility index (Phi) is 4.78. The number of rotatable bonds is 5. The Morgan fingerprint density at radius 2 is 1.59 bits per heavy atom. The zero-order chi connectivity index (χ0) is 13.0. The second kappa shape index (κ2) is 5.89. The van der Waals surface area contributed by atoms with E-state index in [2.05, 4.69) is 5.32 Å². The lowest BCUT2D eigenvalue weighted by atomic mass is 10.0. The molecule has 0 aliphatic heterocycles. The van der Waals surface area contributed by atoms with E-state index in [4.69, 9.17) is 0 Å². The predicted molar refractivity (Wildman–Crippen MR) is 67.0 cm³/mol. The summed E-state index contributed by atoms with van der Waals surface area (Å²) in [4.78, 5) is 0. The highest BCUT2D eigenvalue weighted by atomic mass is 16.3. The zero-order valence-electron chi connectivity index (χ0n) is 10.5. The second-order valence-corrected chi connectivity index (χ2v) is 4.72. The van der Waals surface area contributed by atoms with Crippen molar-refractivity contribution in [3.63, 3.8) is 0 Å². The predicted octanol–water partition coefficient (Wildman–Crippen LogP) is 1.77. The van der Waals surface area contributed by atoms with Crippen molar-refractivity contribution in [2.24, 2.45) is 5.92 Å². The quantitative estimate of drug-likeness (QED) is 0.632. The standard InChI is InChI=1S/C13H21NO3/c1-8(2)13(17)7-14-9(3)10-4-11(15)6-12(16)5-10/h4-6,8-9,13-17H,7H2,1-3H3. The molecule has 0 aliphatic rings. The first-order chi connectivity index (χ1) is 7.90. The van der Waals surface area contributed by atoms with Gasteiger partial charge in [-0.3, -0.25) is 0 Å². The van der Waals surface area contributed by atoms with E-state index in [1.165, 1.54) is 6.07 Å². The van der Waals surface area contributed by atoms with Crippen LogP contribution in [0.25, 0.3) is 0 Å². The summed E-state index contributed by atoms with van der Waals surface area (Å²) in [6.07, 6.45) is -0.400. The van der Waals surface area contributed by atoms with Gasteiger partial charge in [-0.15, -0.1) is 0 Å².